The van der Waals surface area contributed by atoms with E-state index in [4.69, 9.17) is 0 Å². The van der Waals surface area contributed by atoms with E-state index in [-0.39, 0.29) is 5.91 Å². The summed E-state index contributed by atoms with van der Waals surface area (Å²) in [7, 11) is 0. The molecule has 1 aromatic carbocycles. The Morgan fingerprint density at radius 2 is 2.10 bits per heavy atom. The molecular formula is C16H22INOS. The van der Waals surface area contributed by atoms with Gasteiger partial charge >= 0.3 is 0 Å². The summed E-state index contributed by atoms with van der Waals surface area (Å²) in [6, 6.07) is 5.96. The number of benzene rings is 1. The molecule has 0 saturated heterocycles. The van der Waals surface area contributed by atoms with Gasteiger partial charge in [0.1, 0.15) is 0 Å². The number of thioether (sulfide) groups is 1. The molecule has 1 aliphatic carbocycles. The number of hydrogen-bond acceptors (Lipinski definition) is 2. The molecule has 2 rings (SSSR count). The fourth-order valence-electron chi connectivity index (χ4n) is 2.52. The zero-order valence-electron chi connectivity index (χ0n) is 12.0. The van der Waals surface area contributed by atoms with Crippen LogP contribution in [0.5, 0.6) is 0 Å². The van der Waals surface area contributed by atoms with Crippen molar-refractivity contribution in [3.05, 3.63) is 32.9 Å². The molecule has 0 heterocycles. The van der Waals surface area contributed by atoms with Gasteiger partial charge in [0.25, 0.3) is 5.91 Å². The van der Waals surface area contributed by atoms with Crippen LogP contribution in [0.4, 0.5) is 0 Å². The van der Waals surface area contributed by atoms with Gasteiger partial charge in [0.15, 0.2) is 0 Å². The van der Waals surface area contributed by atoms with Gasteiger partial charge < -0.3 is 5.32 Å². The topological polar surface area (TPSA) is 29.1 Å². The van der Waals surface area contributed by atoms with Crippen molar-refractivity contribution >= 4 is 40.3 Å². The Balaban J connectivity index is 1.72. The number of nitrogens with one attached hydrogen (secondary N) is 1. The molecular weight excluding hydrogens is 381 g/mol. The predicted molar refractivity (Wildman–Crippen MR) is 95.6 cm³/mol. The standard InChI is InChI=1S/C16H22INOS/c1-12-7-8-14(15(17)11-12)16(19)18-9-10-20-13-5-3-2-4-6-13/h7-8,11,13H,2-6,9-10H2,1H3,(H,18,19). The largest absolute Gasteiger partial charge is 0.351 e. The first-order valence-electron chi connectivity index (χ1n) is 7.33. The van der Waals surface area contributed by atoms with Crippen molar-refractivity contribution in [3.63, 3.8) is 0 Å². The summed E-state index contributed by atoms with van der Waals surface area (Å²) >= 11 is 4.26. The maximum Gasteiger partial charge on any atom is 0.252 e. The molecule has 110 valence electrons. The third-order valence-electron chi connectivity index (χ3n) is 3.66. The van der Waals surface area contributed by atoms with E-state index in [9.17, 15) is 4.79 Å². The smallest absolute Gasteiger partial charge is 0.252 e. The predicted octanol–water partition coefficient (Wildman–Crippen LogP) is 4.40. The van der Waals surface area contributed by atoms with Crippen LogP contribution in [0.2, 0.25) is 0 Å². The summed E-state index contributed by atoms with van der Waals surface area (Å²) in [5, 5.41) is 3.85. The van der Waals surface area contributed by atoms with Crippen LogP contribution in [0.25, 0.3) is 0 Å². The molecule has 1 N–H and O–H groups in total. The Morgan fingerprint density at radius 3 is 2.80 bits per heavy atom. The van der Waals surface area contributed by atoms with Crippen LogP contribution in [0.15, 0.2) is 18.2 Å². The lowest BCUT2D eigenvalue weighted by molar-refractivity contribution is 0.0955. The Bertz CT molecular complexity index is 458. The van der Waals surface area contributed by atoms with Gasteiger partial charge in [0.05, 0.1) is 5.56 Å². The van der Waals surface area contributed by atoms with Crippen LogP contribution in [0.1, 0.15) is 48.0 Å². The lowest BCUT2D eigenvalue weighted by Gasteiger charge is -2.20. The number of amides is 1. The quantitative estimate of drug-likeness (QED) is 0.584. The second-order valence-electron chi connectivity index (χ2n) is 5.37. The van der Waals surface area contributed by atoms with E-state index in [0.717, 1.165) is 26.7 Å². The minimum Gasteiger partial charge on any atom is -0.351 e. The molecule has 0 aliphatic heterocycles. The van der Waals surface area contributed by atoms with Gasteiger partial charge in [0, 0.05) is 21.1 Å². The Morgan fingerprint density at radius 1 is 1.35 bits per heavy atom. The highest BCUT2D eigenvalue weighted by Gasteiger charge is 2.14. The van der Waals surface area contributed by atoms with Crippen LogP contribution >= 0.6 is 34.4 Å². The van der Waals surface area contributed by atoms with E-state index in [1.54, 1.807) is 0 Å². The third kappa shape index (κ3) is 4.95. The Kier molecular flexibility index (Phi) is 6.68. The van der Waals surface area contributed by atoms with Crippen molar-refractivity contribution in [3.8, 4) is 0 Å². The second-order valence-corrected chi connectivity index (χ2v) is 7.94. The fraction of sp³-hybridized carbons (Fsp3) is 0.562. The molecule has 1 saturated carbocycles. The van der Waals surface area contributed by atoms with E-state index in [1.165, 1.54) is 37.7 Å². The minimum absolute atomic E-state index is 0.0543. The second kappa shape index (κ2) is 8.27. The minimum atomic E-state index is 0.0543. The summed E-state index contributed by atoms with van der Waals surface area (Å²) < 4.78 is 1.03. The molecule has 2 nitrogen and oxygen atoms in total. The summed E-state index contributed by atoms with van der Waals surface area (Å²) in [6.45, 7) is 2.81. The lowest BCUT2D eigenvalue weighted by Crippen LogP contribution is -2.27. The van der Waals surface area contributed by atoms with Crippen LogP contribution < -0.4 is 5.32 Å². The lowest BCUT2D eigenvalue weighted by atomic mass is 10.0. The van der Waals surface area contributed by atoms with Crippen LogP contribution in [0, 0.1) is 10.5 Å². The summed E-state index contributed by atoms with van der Waals surface area (Å²) in [5.74, 6) is 1.08. The van der Waals surface area contributed by atoms with Crippen molar-refractivity contribution in [2.24, 2.45) is 0 Å². The van der Waals surface area contributed by atoms with Gasteiger partial charge in [-0.3, -0.25) is 4.79 Å². The molecule has 0 aromatic heterocycles. The van der Waals surface area contributed by atoms with Gasteiger partial charge in [0.2, 0.25) is 0 Å². The van der Waals surface area contributed by atoms with Gasteiger partial charge in [-0.15, -0.1) is 0 Å². The SMILES string of the molecule is Cc1ccc(C(=O)NCCSC2CCCCC2)c(I)c1. The molecule has 20 heavy (non-hydrogen) atoms. The molecule has 0 unspecified atom stereocenters. The molecule has 4 heteroatoms. The monoisotopic (exact) mass is 403 g/mol. The van der Waals surface area contributed by atoms with E-state index < -0.39 is 0 Å². The molecule has 1 aliphatic rings. The number of halogens is 1. The maximum atomic E-state index is 12.1. The zero-order chi connectivity index (χ0) is 14.4. The van der Waals surface area contributed by atoms with Crippen molar-refractivity contribution in [1.29, 1.82) is 0 Å². The summed E-state index contributed by atoms with van der Waals surface area (Å²) in [6.07, 6.45) is 6.87. The molecule has 0 bridgehead atoms. The normalized spacial score (nSPS) is 16.1. The summed E-state index contributed by atoms with van der Waals surface area (Å²) in [5.41, 5.74) is 1.98. The number of rotatable bonds is 5. The number of hydrogen-bond donors (Lipinski definition) is 1. The van der Waals surface area contributed by atoms with Crippen LogP contribution in [0.3, 0.4) is 0 Å². The Hall–Kier alpha value is -0.230. The van der Waals surface area contributed by atoms with E-state index in [0.29, 0.717) is 0 Å². The Labute approximate surface area is 139 Å². The highest BCUT2D eigenvalue weighted by molar-refractivity contribution is 14.1. The fourth-order valence-corrected chi connectivity index (χ4v) is 4.66. The maximum absolute atomic E-state index is 12.1. The number of carbonyl (C=O) groups excluding carboxylic acids is 1. The van der Waals surface area contributed by atoms with E-state index in [1.807, 2.05) is 36.9 Å². The van der Waals surface area contributed by atoms with Crippen LogP contribution in [-0.4, -0.2) is 23.5 Å². The van der Waals surface area contributed by atoms with Gasteiger partial charge in [-0.1, -0.05) is 30.9 Å². The first kappa shape index (κ1) is 16.1. The van der Waals surface area contributed by atoms with E-state index >= 15 is 0 Å². The van der Waals surface area contributed by atoms with Gasteiger partial charge in [-0.05, 0) is 54.5 Å². The van der Waals surface area contributed by atoms with E-state index in [2.05, 4.69) is 27.9 Å². The van der Waals surface area contributed by atoms with Crippen molar-refractivity contribution in [1.82, 2.24) is 5.32 Å². The molecule has 0 atom stereocenters. The average molecular weight is 403 g/mol. The van der Waals surface area contributed by atoms with Crippen LogP contribution in [-0.2, 0) is 0 Å². The van der Waals surface area contributed by atoms with Crippen molar-refractivity contribution < 1.29 is 4.79 Å². The first-order chi connectivity index (χ1) is 9.66. The van der Waals surface area contributed by atoms with Crippen molar-refractivity contribution in [2.45, 2.75) is 44.3 Å². The number of aryl methyl sites for hydroxylation is 1. The molecule has 0 spiro atoms. The molecule has 1 amide bonds. The number of carbonyl (C=O) groups is 1. The molecule has 1 aromatic rings. The first-order valence-corrected chi connectivity index (χ1v) is 9.45. The molecule has 0 radical (unpaired) electrons. The average Bonchev–Trinajstić information content (AvgIpc) is 2.44. The molecule has 1 fully saturated rings. The van der Waals surface area contributed by atoms with Gasteiger partial charge in [-0.2, -0.15) is 11.8 Å². The zero-order valence-corrected chi connectivity index (χ0v) is 14.9. The van der Waals surface area contributed by atoms with Gasteiger partial charge in [-0.25, -0.2) is 0 Å². The summed E-state index contributed by atoms with van der Waals surface area (Å²) in [4.78, 5) is 12.1. The third-order valence-corrected chi connectivity index (χ3v) is 5.94. The van der Waals surface area contributed by atoms with Crippen molar-refractivity contribution in [2.75, 3.05) is 12.3 Å². The highest BCUT2D eigenvalue weighted by atomic mass is 127. The highest BCUT2D eigenvalue weighted by Crippen LogP contribution is 2.27.